The molecule has 2 aliphatic heterocycles. The van der Waals surface area contributed by atoms with Gasteiger partial charge in [-0.15, -0.1) is 0 Å². The molecule has 138 valence electrons. The lowest BCUT2D eigenvalue weighted by Crippen LogP contribution is -2.53. The second kappa shape index (κ2) is 8.30. The fourth-order valence-corrected chi connectivity index (χ4v) is 3.71. The van der Waals surface area contributed by atoms with Gasteiger partial charge in [0.05, 0.1) is 0 Å². The number of likely N-dealkylation sites (N-methyl/N-ethyl adjacent to an activating group) is 1. The maximum Gasteiger partial charge on any atom is 0.244 e. The molecule has 0 radical (unpaired) electrons. The van der Waals surface area contributed by atoms with Crippen LogP contribution in [-0.2, 0) is 4.79 Å². The molecule has 2 fully saturated rings. The summed E-state index contributed by atoms with van der Waals surface area (Å²) in [6.45, 7) is 11.8. The summed E-state index contributed by atoms with van der Waals surface area (Å²) >= 11 is 0. The zero-order valence-electron chi connectivity index (χ0n) is 15.9. The molecule has 0 saturated carbocycles. The van der Waals surface area contributed by atoms with Gasteiger partial charge in [-0.25, -0.2) is 0 Å². The second-order valence-electron chi connectivity index (χ2n) is 7.64. The molecule has 2 saturated heterocycles. The molecule has 1 atom stereocenters. The summed E-state index contributed by atoms with van der Waals surface area (Å²) in [4.78, 5) is 20.1. The molecule has 3 rings (SSSR count). The molecule has 1 amide bonds. The molecule has 0 bridgehead atoms. The average molecular weight is 345 g/mol. The first-order valence-corrected chi connectivity index (χ1v) is 9.58. The van der Waals surface area contributed by atoms with Crippen LogP contribution in [0.5, 0.6) is 0 Å². The Kier molecular flexibility index (Phi) is 6.10. The third kappa shape index (κ3) is 4.40. The largest absolute Gasteiger partial charge is 0.338 e. The van der Waals surface area contributed by atoms with Gasteiger partial charge in [0.2, 0.25) is 5.91 Å². The van der Waals surface area contributed by atoms with Gasteiger partial charge >= 0.3 is 0 Å². The van der Waals surface area contributed by atoms with Crippen molar-refractivity contribution in [1.29, 1.82) is 0 Å². The fraction of sp³-hybridized carbons (Fsp3) is 0.650. The van der Waals surface area contributed by atoms with Gasteiger partial charge in [0.15, 0.2) is 0 Å². The lowest BCUT2D eigenvalue weighted by Gasteiger charge is -2.39. The molecule has 1 N–H and O–H groups in total. The van der Waals surface area contributed by atoms with E-state index in [4.69, 9.17) is 0 Å². The number of carbonyl (C=O) groups excluding carboxylic acids is 1. The number of amides is 1. The number of nitrogens with one attached hydrogen (secondary N) is 1. The monoisotopic (exact) mass is 344 g/mol. The van der Waals surface area contributed by atoms with Crippen LogP contribution in [0, 0.1) is 0 Å². The fourth-order valence-electron chi connectivity index (χ4n) is 3.71. The van der Waals surface area contributed by atoms with Crippen LogP contribution in [0.3, 0.4) is 0 Å². The maximum absolute atomic E-state index is 13.4. The van der Waals surface area contributed by atoms with E-state index in [1.807, 2.05) is 0 Å². The Morgan fingerprint density at radius 2 is 1.48 bits per heavy atom. The van der Waals surface area contributed by atoms with Crippen molar-refractivity contribution in [3.05, 3.63) is 35.4 Å². The molecule has 5 heteroatoms. The predicted molar refractivity (Wildman–Crippen MR) is 102 cm³/mol. The van der Waals surface area contributed by atoms with Crippen LogP contribution >= 0.6 is 0 Å². The van der Waals surface area contributed by atoms with Crippen molar-refractivity contribution in [2.45, 2.75) is 25.8 Å². The van der Waals surface area contributed by atoms with Gasteiger partial charge in [-0.05, 0) is 24.1 Å². The average Bonchev–Trinajstić information content (AvgIpc) is 2.64. The van der Waals surface area contributed by atoms with Crippen LogP contribution in [0.1, 0.15) is 36.9 Å². The van der Waals surface area contributed by atoms with Crippen LogP contribution in [-0.4, -0.2) is 80.0 Å². The van der Waals surface area contributed by atoms with Crippen LogP contribution in [0.2, 0.25) is 0 Å². The Morgan fingerprint density at radius 3 is 2.04 bits per heavy atom. The molecule has 0 aliphatic carbocycles. The first-order chi connectivity index (χ1) is 12.1. The third-order valence-electron chi connectivity index (χ3n) is 5.48. The Labute approximate surface area is 152 Å². The zero-order valence-corrected chi connectivity index (χ0v) is 15.9. The summed E-state index contributed by atoms with van der Waals surface area (Å²) in [6.07, 6.45) is 0. The van der Waals surface area contributed by atoms with Gasteiger partial charge in [0.25, 0.3) is 0 Å². The van der Waals surface area contributed by atoms with E-state index in [-0.39, 0.29) is 11.9 Å². The minimum atomic E-state index is -0.147. The highest BCUT2D eigenvalue weighted by molar-refractivity contribution is 5.83. The molecular formula is C20H32N4O. The van der Waals surface area contributed by atoms with Gasteiger partial charge in [0.1, 0.15) is 6.04 Å². The number of hydrogen-bond donors (Lipinski definition) is 1. The van der Waals surface area contributed by atoms with Gasteiger partial charge in [-0.2, -0.15) is 0 Å². The topological polar surface area (TPSA) is 38.8 Å². The summed E-state index contributed by atoms with van der Waals surface area (Å²) in [5, 5.41) is 3.40. The van der Waals surface area contributed by atoms with Crippen molar-refractivity contribution in [3.63, 3.8) is 0 Å². The molecular weight excluding hydrogens is 312 g/mol. The Balaban J connectivity index is 1.82. The second-order valence-corrected chi connectivity index (χ2v) is 7.64. The highest BCUT2D eigenvalue weighted by Crippen LogP contribution is 2.26. The SMILES string of the molecule is CC(C)c1ccc(C(C(=O)N2CCN(C)CC2)N2CCNCC2)cc1. The summed E-state index contributed by atoms with van der Waals surface area (Å²) in [7, 11) is 2.13. The van der Waals surface area contributed by atoms with Crippen molar-refractivity contribution >= 4 is 5.91 Å². The molecule has 1 aromatic carbocycles. The first kappa shape index (κ1) is 18.4. The smallest absolute Gasteiger partial charge is 0.244 e. The molecule has 2 heterocycles. The number of nitrogens with zero attached hydrogens (tertiary/aromatic N) is 3. The van der Waals surface area contributed by atoms with Crippen molar-refractivity contribution < 1.29 is 4.79 Å². The zero-order chi connectivity index (χ0) is 17.8. The third-order valence-corrected chi connectivity index (χ3v) is 5.48. The lowest BCUT2D eigenvalue weighted by molar-refractivity contribution is -0.139. The number of benzene rings is 1. The van der Waals surface area contributed by atoms with Crippen molar-refractivity contribution in [2.75, 3.05) is 59.4 Å². The standard InChI is InChI=1S/C20H32N4O/c1-16(2)17-4-6-18(7-5-17)19(23-10-8-21-9-11-23)20(25)24-14-12-22(3)13-15-24/h4-7,16,19,21H,8-15H2,1-3H3. The van der Waals surface area contributed by atoms with Gasteiger partial charge < -0.3 is 15.1 Å². The van der Waals surface area contributed by atoms with Crippen molar-refractivity contribution in [3.8, 4) is 0 Å². The van der Waals surface area contributed by atoms with Crippen LogP contribution in [0.4, 0.5) is 0 Å². The quantitative estimate of drug-likeness (QED) is 0.899. The number of piperazine rings is 2. The molecule has 5 nitrogen and oxygen atoms in total. The Morgan fingerprint density at radius 1 is 0.920 bits per heavy atom. The number of hydrogen-bond acceptors (Lipinski definition) is 4. The molecule has 1 aromatic rings. The molecule has 25 heavy (non-hydrogen) atoms. The van der Waals surface area contributed by atoms with Gasteiger partial charge in [0, 0.05) is 52.4 Å². The summed E-state index contributed by atoms with van der Waals surface area (Å²) in [5.41, 5.74) is 2.46. The van der Waals surface area contributed by atoms with Crippen molar-refractivity contribution in [1.82, 2.24) is 20.0 Å². The van der Waals surface area contributed by atoms with E-state index >= 15 is 0 Å². The number of carbonyl (C=O) groups is 1. The minimum Gasteiger partial charge on any atom is -0.338 e. The van der Waals surface area contributed by atoms with Crippen LogP contribution in [0.15, 0.2) is 24.3 Å². The molecule has 2 aliphatic rings. The van der Waals surface area contributed by atoms with Crippen LogP contribution in [0.25, 0.3) is 0 Å². The summed E-state index contributed by atoms with van der Waals surface area (Å²) in [6, 6.07) is 8.55. The van der Waals surface area contributed by atoms with E-state index in [0.29, 0.717) is 5.92 Å². The Hall–Kier alpha value is -1.43. The lowest BCUT2D eigenvalue weighted by atomic mass is 9.97. The minimum absolute atomic E-state index is 0.147. The van der Waals surface area contributed by atoms with Crippen LogP contribution < -0.4 is 5.32 Å². The summed E-state index contributed by atoms with van der Waals surface area (Å²) in [5.74, 6) is 0.785. The summed E-state index contributed by atoms with van der Waals surface area (Å²) < 4.78 is 0. The molecule has 0 spiro atoms. The van der Waals surface area contributed by atoms with Gasteiger partial charge in [-0.1, -0.05) is 38.1 Å². The highest BCUT2D eigenvalue weighted by Gasteiger charge is 2.33. The van der Waals surface area contributed by atoms with E-state index in [2.05, 4.69) is 65.2 Å². The molecule has 1 unspecified atom stereocenters. The predicted octanol–water partition coefficient (Wildman–Crippen LogP) is 1.53. The Bertz CT molecular complexity index is 558. The van der Waals surface area contributed by atoms with E-state index in [1.165, 1.54) is 5.56 Å². The maximum atomic E-state index is 13.4. The van der Waals surface area contributed by atoms with Gasteiger partial charge in [-0.3, -0.25) is 9.69 Å². The molecule has 0 aromatic heterocycles. The number of rotatable bonds is 4. The van der Waals surface area contributed by atoms with E-state index < -0.39 is 0 Å². The van der Waals surface area contributed by atoms with E-state index in [1.54, 1.807) is 0 Å². The van der Waals surface area contributed by atoms with Crippen molar-refractivity contribution in [2.24, 2.45) is 0 Å². The highest BCUT2D eigenvalue weighted by atomic mass is 16.2. The normalized spacial score (nSPS) is 21.5. The first-order valence-electron chi connectivity index (χ1n) is 9.58. The van der Waals surface area contributed by atoms with E-state index in [9.17, 15) is 4.79 Å². The van der Waals surface area contributed by atoms with E-state index in [0.717, 1.165) is 57.9 Å².